The lowest BCUT2D eigenvalue weighted by molar-refractivity contribution is -0.00868. The Morgan fingerprint density at radius 2 is 0.944 bits per heavy atom. The molecule has 0 amide bonds. The van der Waals surface area contributed by atoms with Crippen molar-refractivity contribution >= 4 is 6.16 Å². The molecule has 3 heteroatoms. The van der Waals surface area contributed by atoms with Crippen molar-refractivity contribution in [2.24, 2.45) is 0 Å². The largest absolute Gasteiger partial charge is 0.508 e. The summed E-state index contributed by atoms with van der Waals surface area (Å²) in [6.07, 6.45) is 13.7. The first kappa shape index (κ1) is 13.7. The van der Waals surface area contributed by atoms with Gasteiger partial charge in [-0.05, 0) is 51.4 Å². The van der Waals surface area contributed by atoms with E-state index in [9.17, 15) is 4.79 Å². The van der Waals surface area contributed by atoms with Crippen molar-refractivity contribution in [2.75, 3.05) is 0 Å². The molecule has 0 aliphatic heterocycles. The maximum atomic E-state index is 11.8. The van der Waals surface area contributed by atoms with Crippen molar-refractivity contribution in [1.82, 2.24) is 0 Å². The van der Waals surface area contributed by atoms with Crippen molar-refractivity contribution in [1.29, 1.82) is 0 Å². The van der Waals surface area contributed by atoms with E-state index in [-0.39, 0.29) is 12.2 Å². The molecule has 2 fully saturated rings. The second-order valence-corrected chi connectivity index (χ2v) is 5.71. The van der Waals surface area contributed by atoms with Crippen LogP contribution >= 0.6 is 0 Å². The molecule has 0 N–H and O–H groups in total. The summed E-state index contributed by atoms with van der Waals surface area (Å²) in [7, 11) is 0. The smallest absolute Gasteiger partial charge is 0.431 e. The number of hydrogen-bond acceptors (Lipinski definition) is 3. The van der Waals surface area contributed by atoms with E-state index in [1.165, 1.54) is 51.4 Å². The van der Waals surface area contributed by atoms with Gasteiger partial charge in [0.15, 0.2) is 0 Å². The quantitative estimate of drug-likeness (QED) is 0.534. The van der Waals surface area contributed by atoms with E-state index < -0.39 is 6.16 Å². The van der Waals surface area contributed by atoms with Crippen molar-refractivity contribution in [3.05, 3.63) is 0 Å². The number of carbonyl (C=O) groups excluding carboxylic acids is 1. The molecule has 3 nitrogen and oxygen atoms in total. The van der Waals surface area contributed by atoms with Gasteiger partial charge in [-0.1, -0.05) is 25.7 Å². The molecule has 0 saturated heterocycles. The Hall–Kier alpha value is -0.730. The zero-order valence-corrected chi connectivity index (χ0v) is 11.4. The van der Waals surface area contributed by atoms with Crippen molar-refractivity contribution in [3.63, 3.8) is 0 Å². The molecule has 0 aromatic rings. The summed E-state index contributed by atoms with van der Waals surface area (Å²) in [5.74, 6) is 0. The molecule has 0 atom stereocenters. The maximum absolute atomic E-state index is 11.8. The fourth-order valence-corrected chi connectivity index (χ4v) is 3.02. The Balaban J connectivity index is 1.69. The Morgan fingerprint density at radius 1 is 0.611 bits per heavy atom. The van der Waals surface area contributed by atoms with Gasteiger partial charge >= 0.3 is 6.16 Å². The summed E-state index contributed by atoms with van der Waals surface area (Å²) in [6, 6.07) is 0. The van der Waals surface area contributed by atoms with E-state index in [0.29, 0.717) is 0 Å². The van der Waals surface area contributed by atoms with Crippen LogP contribution in [0.25, 0.3) is 0 Å². The normalized spacial score (nSPS) is 24.0. The predicted octanol–water partition coefficient (Wildman–Crippen LogP) is 4.59. The van der Waals surface area contributed by atoms with Crippen LogP contribution in [0.2, 0.25) is 0 Å². The third-order valence-electron chi connectivity index (χ3n) is 4.13. The topological polar surface area (TPSA) is 35.5 Å². The summed E-state index contributed by atoms with van der Waals surface area (Å²) in [6.45, 7) is 0. The van der Waals surface area contributed by atoms with Gasteiger partial charge in [-0.3, -0.25) is 0 Å². The van der Waals surface area contributed by atoms with Gasteiger partial charge < -0.3 is 9.47 Å². The van der Waals surface area contributed by atoms with Crippen LogP contribution in [-0.2, 0) is 9.47 Å². The number of hydrogen-bond donors (Lipinski definition) is 0. The lowest BCUT2D eigenvalue weighted by Crippen LogP contribution is -2.23. The number of ether oxygens (including phenoxy) is 2. The van der Waals surface area contributed by atoms with E-state index >= 15 is 0 Å². The standard InChI is InChI=1S/C15H26O3/c16-15(17-13-9-5-1-2-6-10-13)18-14-11-7-3-4-8-12-14/h13-14H,1-12H2. The molecule has 0 heterocycles. The Labute approximate surface area is 110 Å². The van der Waals surface area contributed by atoms with Gasteiger partial charge in [-0.25, -0.2) is 4.79 Å². The fourth-order valence-electron chi connectivity index (χ4n) is 3.02. The summed E-state index contributed by atoms with van der Waals surface area (Å²) >= 11 is 0. The average molecular weight is 254 g/mol. The first-order valence-electron chi connectivity index (χ1n) is 7.72. The molecule has 18 heavy (non-hydrogen) atoms. The van der Waals surface area contributed by atoms with Crippen LogP contribution in [0, 0.1) is 0 Å². The lowest BCUT2D eigenvalue weighted by atomic mass is 10.1. The van der Waals surface area contributed by atoms with Gasteiger partial charge in [-0.15, -0.1) is 0 Å². The first-order valence-corrected chi connectivity index (χ1v) is 7.72. The van der Waals surface area contributed by atoms with E-state index in [1.54, 1.807) is 0 Å². The van der Waals surface area contributed by atoms with Crippen LogP contribution in [0.4, 0.5) is 4.79 Å². The van der Waals surface area contributed by atoms with Crippen LogP contribution in [0.3, 0.4) is 0 Å². The Kier molecular flexibility index (Phi) is 5.82. The molecule has 2 rings (SSSR count). The van der Waals surface area contributed by atoms with Gasteiger partial charge in [-0.2, -0.15) is 0 Å². The third-order valence-corrected chi connectivity index (χ3v) is 4.13. The van der Waals surface area contributed by atoms with Crippen LogP contribution in [0.15, 0.2) is 0 Å². The van der Waals surface area contributed by atoms with Crippen LogP contribution < -0.4 is 0 Å². The van der Waals surface area contributed by atoms with Crippen LogP contribution in [0.1, 0.15) is 77.0 Å². The highest BCUT2D eigenvalue weighted by atomic mass is 16.7. The van der Waals surface area contributed by atoms with Crippen molar-refractivity contribution in [3.8, 4) is 0 Å². The minimum Gasteiger partial charge on any atom is -0.431 e. The minimum atomic E-state index is -0.422. The van der Waals surface area contributed by atoms with E-state index in [4.69, 9.17) is 9.47 Å². The molecule has 2 aliphatic carbocycles. The zero-order chi connectivity index (χ0) is 12.6. The van der Waals surface area contributed by atoms with Gasteiger partial charge in [0.05, 0.1) is 0 Å². The molecular formula is C15H26O3. The highest BCUT2D eigenvalue weighted by Gasteiger charge is 2.21. The maximum Gasteiger partial charge on any atom is 0.508 e. The number of carbonyl (C=O) groups is 1. The van der Waals surface area contributed by atoms with E-state index in [2.05, 4.69) is 0 Å². The van der Waals surface area contributed by atoms with Gasteiger partial charge in [0.25, 0.3) is 0 Å². The Morgan fingerprint density at radius 3 is 1.28 bits per heavy atom. The van der Waals surface area contributed by atoms with Crippen molar-refractivity contribution < 1.29 is 14.3 Å². The first-order chi connectivity index (χ1) is 8.84. The molecule has 2 saturated carbocycles. The van der Waals surface area contributed by atoms with Gasteiger partial charge in [0, 0.05) is 0 Å². The summed E-state index contributed by atoms with van der Waals surface area (Å²) in [5.41, 5.74) is 0. The highest BCUT2D eigenvalue weighted by molar-refractivity contribution is 5.60. The van der Waals surface area contributed by atoms with Crippen molar-refractivity contribution in [2.45, 2.75) is 89.3 Å². The summed E-state index contributed by atoms with van der Waals surface area (Å²) in [5, 5.41) is 0. The third kappa shape index (κ3) is 4.87. The zero-order valence-electron chi connectivity index (χ0n) is 11.4. The lowest BCUT2D eigenvalue weighted by Gasteiger charge is -2.19. The minimum absolute atomic E-state index is 0.103. The van der Waals surface area contributed by atoms with E-state index in [0.717, 1.165) is 25.7 Å². The predicted molar refractivity (Wildman–Crippen MR) is 70.5 cm³/mol. The second-order valence-electron chi connectivity index (χ2n) is 5.71. The van der Waals surface area contributed by atoms with Crippen LogP contribution in [0.5, 0.6) is 0 Å². The molecule has 2 aliphatic rings. The van der Waals surface area contributed by atoms with Gasteiger partial charge in [0.1, 0.15) is 12.2 Å². The second kappa shape index (κ2) is 7.65. The molecule has 104 valence electrons. The van der Waals surface area contributed by atoms with Crippen LogP contribution in [-0.4, -0.2) is 18.4 Å². The average Bonchev–Trinajstić information content (AvgIpc) is 2.74. The molecule has 0 unspecified atom stereocenters. The van der Waals surface area contributed by atoms with Gasteiger partial charge in [0.2, 0.25) is 0 Å². The SMILES string of the molecule is O=C(OC1CCCCCC1)OC1CCCCCC1. The fraction of sp³-hybridized carbons (Fsp3) is 0.933. The number of rotatable bonds is 2. The monoisotopic (exact) mass is 254 g/mol. The Bertz CT molecular complexity index is 212. The molecule has 0 radical (unpaired) electrons. The summed E-state index contributed by atoms with van der Waals surface area (Å²) < 4.78 is 10.9. The molecule has 0 aromatic heterocycles. The molecule has 0 bridgehead atoms. The molecule has 0 aromatic carbocycles. The summed E-state index contributed by atoms with van der Waals surface area (Å²) in [4.78, 5) is 11.8. The molecular weight excluding hydrogens is 228 g/mol. The van der Waals surface area contributed by atoms with E-state index in [1.807, 2.05) is 0 Å². The molecule has 0 spiro atoms. The highest BCUT2D eigenvalue weighted by Crippen LogP contribution is 2.23.